The lowest BCUT2D eigenvalue weighted by Crippen LogP contribution is -2.17. The first-order valence-electron chi connectivity index (χ1n) is 6.54. The summed E-state index contributed by atoms with van der Waals surface area (Å²) >= 11 is 0. The van der Waals surface area contributed by atoms with Gasteiger partial charge in [0.15, 0.2) is 0 Å². The van der Waals surface area contributed by atoms with Gasteiger partial charge >= 0.3 is 12.3 Å². The van der Waals surface area contributed by atoms with Crippen molar-refractivity contribution in [1.82, 2.24) is 0 Å². The molecular formula is C16H13F3O3. The highest BCUT2D eigenvalue weighted by Crippen LogP contribution is 2.29. The van der Waals surface area contributed by atoms with Crippen molar-refractivity contribution in [3.63, 3.8) is 0 Å². The molecule has 0 aliphatic carbocycles. The van der Waals surface area contributed by atoms with Crippen LogP contribution in [0.2, 0.25) is 0 Å². The van der Waals surface area contributed by atoms with Crippen LogP contribution in [0.1, 0.15) is 13.3 Å². The quantitative estimate of drug-likeness (QED) is 0.613. The van der Waals surface area contributed by atoms with Gasteiger partial charge in [-0.2, -0.15) is 0 Å². The Morgan fingerprint density at radius 1 is 1.00 bits per heavy atom. The van der Waals surface area contributed by atoms with Crippen molar-refractivity contribution in [1.29, 1.82) is 0 Å². The molecule has 22 heavy (non-hydrogen) atoms. The van der Waals surface area contributed by atoms with E-state index >= 15 is 0 Å². The minimum atomic E-state index is -4.74. The number of ether oxygens (including phenoxy) is 2. The average Bonchev–Trinajstić information content (AvgIpc) is 2.46. The number of carbonyl (C=O) groups is 1. The van der Waals surface area contributed by atoms with Gasteiger partial charge in [-0.1, -0.05) is 31.2 Å². The molecule has 0 atom stereocenters. The SMILES string of the molecule is CCC(=O)Oc1cccc(-c2cccc(OC(F)(F)F)c2)c1. The van der Waals surface area contributed by atoms with E-state index in [-0.39, 0.29) is 18.1 Å². The smallest absolute Gasteiger partial charge is 0.427 e. The molecule has 0 saturated heterocycles. The van der Waals surface area contributed by atoms with Gasteiger partial charge in [-0.05, 0) is 35.4 Å². The first-order valence-corrected chi connectivity index (χ1v) is 6.54. The second kappa shape index (κ2) is 6.51. The zero-order chi connectivity index (χ0) is 16.2. The number of alkyl halides is 3. The van der Waals surface area contributed by atoms with Crippen LogP contribution in [0.5, 0.6) is 11.5 Å². The molecule has 0 radical (unpaired) electrons. The van der Waals surface area contributed by atoms with E-state index < -0.39 is 6.36 Å². The molecule has 116 valence electrons. The molecule has 2 aromatic rings. The third-order valence-corrected chi connectivity index (χ3v) is 2.76. The van der Waals surface area contributed by atoms with Crippen LogP contribution in [0.15, 0.2) is 48.5 Å². The number of hydrogen-bond acceptors (Lipinski definition) is 3. The van der Waals surface area contributed by atoms with Gasteiger partial charge < -0.3 is 9.47 Å². The molecule has 0 aromatic heterocycles. The molecular weight excluding hydrogens is 297 g/mol. The lowest BCUT2D eigenvalue weighted by atomic mass is 10.1. The Morgan fingerprint density at radius 2 is 1.55 bits per heavy atom. The summed E-state index contributed by atoms with van der Waals surface area (Å²) in [6, 6.07) is 12.1. The zero-order valence-corrected chi connectivity index (χ0v) is 11.7. The lowest BCUT2D eigenvalue weighted by molar-refractivity contribution is -0.274. The minimum absolute atomic E-state index is 0.235. The molecule has 0 fully saturated rings. The molecule has 0 saturated carbocycles. The van der Waals surface area contributed by atoms with Gasteiger partial charge in [0.1, 0.15) is 11.5 Å². The summed E-state index contributed by atoms with van der Waals surface area (Å²) in [5.41, 5.74) is 1.14. The maximum atomic E-state index is 12.2. The van der Waals surface area contributed by atoms with Gasteiger partial charge in [-0.25, -0.2) is 0 Å². The molecule has 3 nitrogen and oxygen atoms in total. The summed E-state index contributed by atoms with van der Waals surface area (Å²) in [6.45, 7) is 1.67. The Labute approximate surface area is 125 Å². The van der Waals surface area contributed by atoms with Crippen molar-refractivity contribution in [2.24, 2.45) is 0 Å². The Bertz CT molecular complexity index is 666. The highest BCUT2D eigenvalue weighted by molar-refractivity contribution is 5.73. The minimum Gasteiger partial charge on any atom is -0.427 e. The topological polar surface area (TPSA) is 35.5 Å². The van der Waals surface area contributed by atoms with Crippen LogP contribution in [0.4, 0.5) is 13.2 Å². The van der Waals surface area contributed by atoms with Crippen LogP contribution >= 0.6 is 0 Å². The normalized spacial score (nSPS) is 11.1. The molecule has 2 rings (SSSR count). The van der Waals surface area contributed by atoms with E-state index in [1.807, 2.05) is 0 Å². The largest absolute Gasteiger partial charge is 0.573 e. The molecule has 0 amide bonds. The Hall–Kier alpha value is -2.50. The summed E-state index contributed by atoms with van der Waals surface area (Å²) < 4.78 is 45.7. The standard InChI is InChI=1S/C16H13F3O3/c1-2-15(20)21-13-7-3-5-11(9-13)12-6-4-8-14(10-12)22-16(17,18)19/h3-10H,2H2,1H3. The van der Waals surface area contributed by atoms with E-state index in [0.29, 0.717) is 16.9 Å². The van der Waals surface area contributed by atoms with Crippen molar-refractivity contribution in [3.05, 3.63) is 48.5 Å². The van der Waals surface area contributed by atoms with Crippen molar-refractivity contribution in [2.75, 3.05) is 0 Å². The summed E-state index contributed by atoms with van der Waals surface area (Å²) in [5, 5.41) is 0. The third-order valence-electron chi connectivity index (χ3n) is 2.76. The molecule has 0 bridgehead atoms. The monoisotopic (exact) mass is 310 g/mol. The zero-order valence-electron chi connectivity index (χ0n) is 11.7. The fourth-order valence-corrected chi connectivity index (χ4v) is 1.82. The Kier molecular flexibility index (Phi) is 4.70. The van der Waals surface area contributed by atoms with Gasteiger partial charge in [-0.3, -0.25) is 4.79 Å². The number of benzene rings is 2. The maximum Gasteiger partial charge on any atom is 0.573 e. The predicted octanol–water partition coefficient (Wildman–Crippen LogP) is 4.57. The van der Waals surface area contributed by atoms with E-state index in [0.717, 1.165) is 0 Å². The maximum absolute atomic E-state index is 12.2. The predicted molar refractivity (Wildman–Crippen MR) is 74.5 cm³/mol. The van der Waals surface area contributed by atoms with Crippen molar-refractivity contribution in [2.45, 2.75) is 19.7 Å². The van der Waals surface area contributed by atoms with E-state index in [1.165, 1.54) is 18.2 Å². The number of hydrogen-bond donors (Lipinski definition) is 0. The Morgan fingerprint density at radius 3 is 2.09 bits per heavy atom. The average molecular weight is 310 g/mol. The number of esters is 1. The fourth-order valence-electron chi connectivity index (χ4n) is 1.82. The third kappa shape index (κ3) is 4.51. The van der Waals surface area contributed by atoms with Crippen LogP contribution in [0.25, 0.3) is 11.1 Å². The highest BCUT2D eigenvalue weighted by Gasteiger charge is 2.31. The van der Waals surface area contributed by atoms with Crippen LogP contribution < -0.4 is 9.47 Å². The van der Waals surface area contributed by atoms with E-state index in [9.17, 15) is 18.0 Å². The van der Waals surface area contributed by atoms with E-state index in [4.69, 9.17) is 4.74 Å². The molecule has 0 aliphatic rings. The first-order chi connectivity index (χ1) is 10.4. The van der Waals surface area contributed by atoms with Gasteiger partial charge in [0, 0.05) is 6.42 Å². The summed E-state index contributed by atoms with van der Waals surface area (Å²) in [4.78, 5) is 11.3. The lowest BCUT2D eigenvalue weighted by Gasteiger charge is -2.10. The molecule has 6 heteroatoms. The first kappa shape index (κ1) is 15.9. The Balaban J connectivity index is 2.26. The molecule has 0 N–H and O–H groups in total. The van der Waals surface area contributed by atoms with Crippen molar-refractivity contribution >= 4 is 5.97 Å². The second-order valence-electron chi connectivity index (χ2n) is 4.43. The summed E-state index contributed by atoms with van der Waals surface area (Å²) in [7, 11) is 0. The summed E-state index contributed by atoms with van der Waals surface area (Å²) in [5.74, 6) is -0.348. The highest BCUT2D eigenvalue weighted by atomic mass is 19.4. The van der Waals surface area contributed by atoms with Crippen LogP contribution in [0, 0.1) is 0 Å². The molecule has 0 unspecified atom stereocenters. The van der Waals surface area contributed by atoms with Crippen molar-refractivity contribution < 1.29 is 27.4 Å². The van der Waals surface area contributed by atoms with Crippen molar-refractivity contribution in [3.8, 4) is 22.6 Å². The van der Waals surface area contributed by atoms with Gasteiger partial charge in [0.2, 0.25) is 0 Å². The van der Waals surface area contributed by atoms with E-state index in [1.54, 1.807) is 37.3 Å². The van der Waals surface area contributed by atoms with Crippen LogP contribution in [0.3, 0.4) is 0 Å². The van der Waals surface area contributed by atoms with Gasteiger partial charge in [-0.15, -0.1) is 13.2 Å². The second-order valence-corrected chi connectivity index (χ2v) is 4.43. The molecule has 0 spiro atoms. The van der Waals surface area contributed by atoms with Gasteiger partial charge in [0.05, 0.1) is 0 Å². The molecule has 0 heterocycles. The molecule has 0 aliphatic heterocycles. The van der Waals surface area contributed by atoms with Crippen LogP contribution in [-0.4, -0.2) is 12.3 Å². The number of rotatable bonds is 4. The van der Waals surface area contributed by atoms with E-state index in [2.05, 4.69) is 4.74 Å². The number of halogens is 3. The molecule has 2 aromatic carbocycles. The fraction of sp³-hybridized carbons (Fsp3) is 0.188. The van der Waals surface area contributed by atoms with Crippen LogP contribution in [-0.2, 0) is 4.79 Å². The number of carbonyl (C=O) groups excluding carboxylic acids is 1. The summed E-state index contributed by atoms with van der Waals surface area (Å²) in [6.07, 6.45) is -4.50. The van der Waals surface area contributed by atoms with Gasteiger partial charge in [0.25, 0.3) is 0 Å².